The molecular weight excluding hydrogens is 386 g/mol. The van der Waals surface area contributed by atoms with Crippen molar-refractivity contribution < 1.29 is 22.7 Å². The zero-order valence-corrected chi connectivity index (χ0v) is 16.3. The second-order valence-electron chi connectivity index (χ2n) is 6.22. The summed E-state index contributed by atoms with van der Waals surface area (Å²) in [6.07, 6.45) is 1.50. The third kappa shape index (κ3) is 5.05. The highest BCUT2D eigenvalue weighted by Gasteiger charge is 2.31. The molecule has 8 heteroatoms. The summed E-state index contributed by atoms with van der Waals surface area (Å²) in [5.41, 5.74) is 0.865. The number of rotatable bonds is 6. The van der Waals surface area contributed by atoms with Gasteiger partial charge in [0.25, 0.3) is 5.91 Å². The lowest BCUT2D eigenvalue weighted by Crippen LogP contribution is -2.42. The Kier molecular flexibility index (Phi) is 5.76. The summed E-state index contributed by atoms with van der Waals surface area (Å²) in [4.78, 5) is 27.6. The van der Waals surface area contributed by atoms with Crippen LogP contribution in [0.4, 0.5) is 0 Å². The van der Waals surface area contributed by atoms with E-state index in [2.05, 4.69) is 0 Å². The molecule has 1 aromatic heterocycles. The van der Waals surface area contributed by atoms with Gasteiger partial charge in [-0.15, -0.1) is 11.3 Å². The second-order valence-corrected chi connectivity index (χ2v) is 9.44. The van der Waals surface area contributed by atoms with Crippen molar-refractivity contribution in [1.82, 2.24) is 4.90 Å². The minimum absolute atomic E-state index is 0.163. The van der Waals surface area contributed by atoms with E-state index in [9.17, 15) is 18.0 Å². The van der Waals surface area contributed by atoms with Crippen molar-refractivity contribution in [2.24, 2.45) is 0 Å². The minimum atomic E-state index is -3.32. The fourth-order valence-electron chi connectivity index (χ4n) is 2.75. The maximum atomic E-state index is 12.7. The Labute approximate surface area is 162 Å². The molecule has 0 fully saturated rings. The van der Waals surface area contributed by atoms with Gasteiger partial charge in [0.15, 0.2) is 16.4 Å². The number of hydrogen-bond donors (Lipinski definition) is 0. The molecule has 2 aromatic rings. The van der Waals surface area contributed by atoms with Gasteiger partial charge in [-0.3, -0.25) is 4.79 Å². The van der Waals surface area contributed by atoms with Gasteiger partial charge in [0.2, 0.25) is 0 Å². The number of thiophene rings is 1. The van der Waals surface area contributed by atoms with E-state index in [0.29, 0.717) is 4.88 Å². The van der Waals surface area contributed by atoms with Crippen LogP contribution in [0, 0.1) is 6.92 Å². The van der Waals surface area contributed by atoms with Crippen molar-refractivity contribution >= 4 is 33.1 Å². The molecule has 1 aliphatic heterocycles. The second kappa shape index (κ2) is 8.06. The normalized spacial score (nSPS) is 17.6. The summed E-state index contributed by atoms with van der Waals surface area (Å²) in [5.74, 6) is -1.16. The molecule has 27 heavy (non-hydrogen) atoms. The van der Waals surface area contributed by atoms with Crippen LogP contribution in [-0.4, -0.2) is 43.6 Å². The molecule has 1 atom stereocenters. The Morgan fingerprint density at radius 3 is 2.52 bits per heavy atom. The summed E-state index contributed by atoms with van der Waals surface area (Å²) in [7, 11) is -3.32. The van der Waals surface area contributed by atoms with Crippen LogP contribution in [0.2, 0.25) is 0 Å². The van der Waals surface area contributed by atoms with Gasteiger partial charge in [-0.05, 0) is 30.7 Å². The number of benzene rings is 1. The average Bonchev–Trinajstić information content (AvgIpc) is 3.23. The first-order valence-electron chi connectivity index (χ1n) is 8.32. The first-order chi connectivity index (χ1) is 12.8. The van der Waals surface area contributed by atoms with Gasteiger partial charge in [-0.25, -0.2) is 13.2 Å². The Balaban J connectivity index is 1.70. The van der Waals surface area contributed by atoms with Crippen LogP contribution in [0.1, 0.15) is 20.1 Å². The predicted molar refractivity (Wildman–Crippen MR) is 103 cm³/mol. The lowest BCUT2D eigenvalue weighted by Gasteiger charge is -2.27. The number of esters is 1. The fraction of sp³-hybridized carbons (Fsp3) is 0.263. The van der Waals surface area contributed by atoms with Crippen molar-refractivity contribution in [3.63, 3.8) is 0 Å². The molecule has 0 unspecified atom stereocenters. The lowest BCUT2D eigenvalue weighted by atomic mass is 10.2. The van der Waals surface area contributed by atoms with Gasteiger partial charge in [-0.1, -0.05) is 30.3 Å². The molecular formula is C19H19NO5S2. The van der Waals surface area contributed by atoms with E-state index in [4.69, 9.17) is 4.74 Å². The quantitative estimate of drug-likeness (QED) is 0.690. The Bertz CT molecular complexity index is 963. The first kappa shape index (κ1) is 19.3. The van der Waals surface area contributed by atoms with Gasteiger partial charge >= 0.3 is 5.97 Å². The van der Waals surface area contributed by atoms with Crippen molar-refractivity contribution in [2.75, 3.05) is 12.4 Å². The van der Waals surface area contributed by atoms with Crippen molar-refractivity contribution in [1.29, 1.82) is 0 Å². The van der Waals surface area contributed by atoms with Gasteiger partial charge in [0, 0.05) is 16.8 Å². The van der Waals surface area contributed by atoms with Crippen LogP contribution in [0.5, 0.6) is 0 Å². The van der Waals surface area contributed by atoms with E-state index in [1.807, 2.05) is 37.3 Å². The minimum Gasteiger partial charge on any atom is -0.451 e. The number of sulfone groups is 1. The van der Waals surface area contributed by atoms with E-state index in [0.717, 1.165) is 15.8 Å². The fourth-order valence-corrected chi connectivity index (χ4v) is 4.81. The first-order valence-corrected chi connectivity index (χ1v) is 10.9. The number of hydrogen-bond acceptors (Lipinski definition) is 6. The zero-order chi connectivity index (χ0) is 19.4. The lowest BCUT2D eigenvalue weighted by molar-refractivity contribution is -0.136. The van der Waals surface area contributed by atoms with Crippen molar-refractivity contribution in [2.45, 2.75) is 19.5 Å². The van der Waals surface area contributed by atoms with Gasteiger partial charge in [-0.2, -0.15) is 0 Å². The summed E-state index contributed by atoms with van der Waals surface area (Å²) in [6, 6.07) is 12.1. The SMILES string of the molecule is Cc1ccc(C(=O)OCC(=O)N(Cc2ccccc2)[C@H]2C=CS(=O)(=O)C2)s1. The monoisotopic (exact) mass is 405 g/mol. The Morgan fingerprint density at radius 1 is 1.19 bits per heavy atom. The summed E-state index contributed by atoms with van der Waals surface area (Å²) in [5, 5.41) is 1.13. The van der Waals surface area contributed by atoms with E-state index in [1.165, 1.54) is 22.3 Å². The molecule has 0 spiro atoms. The number of nitrogens with zero attached hydrogens (tertiary/aromatic N) is 1. The topological polar surface area (TPSA) is 80.8 Å². The van der Waals surface area contributed by atoms with Crippen LogP contribution in [0.3, 0.4) is 0 Å². The number of ether oxygens (including phenoxy) is 1. The van der Waals surface area contributed by atoms with Gasteiger partial charge < -0.3 is 9.64 Å². The number of amides is 1. The molecule has 0 saturated heterocycles. The summed E-state index contributed by atoms with van der Waals surface area (Å²) < 4.78 is 28.7. The third-order valence-electron chi connectivity index (χ3n) is 4.10. The van der Waals surface area contributed by atoms with Crippen LogP contribution in [0.15, 0.2) is 53.9 Å². The standard InChI is InChI=1S/C19H19NO5S2/c1-14-7-8-17(26-14)19(22)25-12-18(21)20(11-15-5-3-2-4-6-15)16-9-10-27(23,24)13-16/h2-10,16H,11-13H2,1H3/t16-/m0/s1. The molecule has 1 amide bonds. The largest absolute Gasteiger partial charge is 0.451 e. The van der Waals surface area contributed by atoms with Gasteiger partial charge in [0.05, 0.1) is 11.8 Å². The molecule has 142 valence electrons. The maximum absolute atomic E-state index is 12.7. The molecule has 0 N–H and O–H groups in total. The molecule has 1 aromatic carbocycles. The highest BCUT2D eigenvalue weighted by molar-refractivity contribution is 7.94. The molecule has 0 saturated carbocycles. The van der Waals surface area contributed by atoms with E-state index in [1.54, 1.807) is 12.1 Å². The molecule has 0 radical (unpaired) electrons. The molecule has 3 rings (SSSR count). The Morgan fingerprint density at radius 2 is 1.93 bits per heavy atom. The van der Waals surface area contributed by atoms with E-state index in [-0.39, 0.29) is 12.3 Å². The molecule has 2 heterocycles. The third-order valence-corrected chi connectivity index (χ3v) is 6.45. The molecule has 0 bridgehead atoms. The van der Waals surface area contributed by atoms with Crippen LogP contribution < -0.4 is 0 Å². The molecule has 6 nitrogen and oxygen atoms in total. The van der Waals surface area contributed by atoms with Crippen LogP contribution in [-0.2, 0) is 25.9 Å². The number of aryl methyl sites for hydroxylation is 1. The molecule has 1 aliphatic rings. The smallest absolute Gasteiger partial charge is 0.348 e. The highest BCUT2D eigenvalue weighted by atomic mass is 32.2. The van der Waals surface area contributed by atoms with Crippen LogP contribution >= 0.6 is 11.3 Å². The van der Waals surface area contributed by atoms with Gasteiger partial charge in [0.1, 0.15) is 4.88 Å². The maximum Gasteiger partial charge on any atom is 0.348 e. The zero-order valence-electron chi connectivity index (χ0n) is 14.7. The van der Waals surface area contributed by atoms with Crippen molar-refractivity contribution in [3.05, 3.63) is 69.3 Å². The van der Waals surface area contributed by atoms with E-state index < -0.39 is 34.4 Å². The average molecular weight is 405 g/mol. The Hall–Kier alpha value is -2.45. The molecule has 0 aliphatic carbocycles. The van der Waals surface area contributed by atoms with E-state index >= 15 is 0 Å². The summed E-state index contributed by atoms with van der Waals surface area (Å²) >= 11 is 1.29. The highest BCUT2D eigenvalue weighted by Crippen LogP contribution is 2.19. The summed E-state index contributed by atoms with van der Waals surface area (Å²) in [6.45, 7) is 1.67. The van der Waals surface area contributed by atoms with Crippen molar-refractivity contribution in [3.8, 4) is 0 Å². The predicted octanol–water partition coefficient (Wildman–Crippen LogP) is 2.55. The van der Waals surface area contributed by atoms with Crippen LogP contribution in [0.25, 0.3) is 0 Å². The number of carbonyl (C=O) groups excluding carboxylic acids is 2. The number of carbonyl (C=O) groups is 2.